The van der Waals surface area contributed by atoms with Crippen molar-refractivity contribution in [3.8, 4) is 11.3 Å². The van der Waals surface area contributed by atoms with Crippen LogP contribution in [0.5, 0.6) is 0 Å². The first kappa shape index (κ1) is 30.3. The van der Waals surface area contributed by atoms with Crippen LogP contribution in [0, 0.1) is 5.92 Å². The topological polar surface area (TPSA) is 128 Å². The lowest BCUT2D eigenvalue weighted by Crippen LogP contribution is -2.35. The van der Waals surface area contributed by atoms with Gasteiger partial charge in [0.15, 0.2) is 0 Å². The van der Waals surface area contributed by atoms with Gasteiger partial charge in [-0.25, -0.2) is 9.97 Å². The number of carbonyl (C=O) groups excluding carboxylic acids is 2. The molecule has 0 radical (unpaired) electrons. The molecule has 1 saturated carbocycles. The van der Waals surface area contributed by atoms with E-state index < -0.39 is 17.6 Å². The van der Waals surface area contributed by atoms with Gasteiger partial charge in [-0.05, 0) is 69.2 Å². The Morgan fingerprint density at radius 1 is 1.04 bits per heavy atom. The van der Waals surface area contributed by atoms with Crippen LogP contribution in [0.2, 0.25) is 0 Å². The number of hydrogen-bond donors (Lipinski definition) is 3. The van der Waals surface area contributed by atoms with E-state index in [9.17, 15) is 22.8 Å². The van der Waals surface area contributed by atoms with E-state index in [2.05, 4.69) is 32.8 Å². The number of pyridine rings is 2. The first-order chi connectivity index (χ1) is 21.7. The van der Waals surface area contributed by atoms with Gasteiger partial charge in [0.1, 0.15) is 17.3 Å². The number of benzene rings is 1. The number of anilines is 2. The van der Waals surface area contributed by atoms with Gasteiger partial charge in [-0.15, -0.1) is 0 Å². The molecule has 6 rings (SSSR count). The molecule has 2 bridgehead atoms. The number of fused-ring (bicyclic) bond motifs is 3. The van der Waals surface area contributed by atoms with Gasteiger partial charge >= 0.3 is 6.18 Å². The Labute approximate surface area is 258 Å². The number of allylic oxidation sites excluding steroid dienone is 2. The highest BCUT2D eigenvalue weighted by Crippen LogP contribution is 2.40. The second kappa shape index (κ2) is 12.7. The highest BCUT2D eigenvalue weighted by molar-refractivity contribution is 6.05. The van der Waals surface area contributed by atoms with Gasteiger partial charge in [0.25, 0.3) is 5.91 Å². The first-order valence-electron chi connectivity index (χ1n) is 15.2. The van der Waals surface area contributed by atoms with Gasteiger partial charge in [0.05, 0.1) is 22.5 Å². The van der Waals surface area contributed by atoms with Crippen molar-refractivity contribution in [1.82, 2.24) is 25.1 Å². The van der Waals surface area contributed by atoms with Crippen molar-refractivity contribution < 1.29 is 22.8 Å². The van der Waals surface area contributed by atoms with Gasteiger partial charge in [-0.2, -0.15) is 18.3 Å². The summed E-state index contributed by atoms with van der Waals surface area (Å²) in [6.45, 7) is 0.676. The molecule has 4 N–H and O–H groups in total. The van der Waals surface area contributed by atoms with Crippen LogP contribution in [0.15, 0.2) is 60.9 Å². The van der Waals surface area contributed by atoms with E-state index in [1.165, 1.54) is 0 Å². The Morgan fingerprint density at radius 2 is 1.87 bits per heavy atom. The predicted octanol–water partition coefficient (Wildman–Crippen LogP) is 6.48. The summed E-state index contributed by atoms with van der Waals surface area (Å²) in [4.78, 5) is 34.3. The molecule has 45 heavy (non-hydrogen) atoms. The van der Waals surface area contributed by atoms with Gasteiger partial charge in [0.2, 0.25) is 5.91 Å². The number of nitrogens with one attached hydrogen (secondary N) is 2. The normalized spacial score (nSPS) is 20.1. The summed E-state index contributed by atoms with van der Waals surface area (Å²) in [6, 6.07) is 8.25. The summed E-state index contributed by atoms with van der Waals surface area (Å²) in [5.41, 5.74) is 9.02. The molecule has 2 amide bonds. The maximum atomic E-state index is 13.1. The number of nitrogen functional groups attached to an aromatic ring is 1. The monoisotopic (exact) mass is 617 g/mol. The molecule has 1 aliphatic heterocycles. The smallest absolute Gasteiger partial charge is 0.383 e. The van der Waals surface area contributed by atoms with Crippen molar-refractivity contribution in [3.05, 3.63) is 77.6 Å². The van der Waals surface area contributed by atoms with Crippen molar-refractivity contribution in [3.63, 3.8) is 0 Å². The SMILES string of the molecule is Nc1ncc2c3c1c(-c1ccc(C(=O)Nc4cc(C(F)(F)F)ccn4)cc1)nn3[C@@H]1CCC[C@H](C1)C(=O)NCCCC/C=C\C2. The number of alkyl halides is 3. The van der Waals surface area contributed by atoms with Crippen molar-refractivity contribution >= 4 is 34.4 Å². The Morgan fingerprint density at radius 3 is 2.67 bits per heavy atom. The van der Waals surface area contributed by atoms with E-state index in [1.54, 1.807) is 30.5 Å². The summed E-state index contributed by atoms with van der Waals surface area (Å²) in [7, 11) is 0. The number of carbonyl (C=O) groups is 2. The van der Waals surface area contributed by atoms with Crippen LogP contribution in [0.3, 0.4) is 0 Å². The van der Waals surface area contributed by atoms with Crippen LogP contribution in [-0.4, -0.2) is 38.1 Å². The van der Waals surface area contributed by atoms with E-state index >= 15 is 0 Å². The van der Waals surface area contributed by atoms with Crippen molar-refractivity contribution in [2.24, 2.45) is 5.92 Å². The Bertz CT molecular complexity index is 1750. The molecule has 0 unspecified atom stereocenters. The Balaban J connectivity index is 1.35. The molecule has 2 atom stereocenters. The standard InChI is InChI=1S/C33H34F3N7O2/c34-33(35,36)24-14-16-38-26(18-24)41-32(45)21-12-10-20(11-13-21)28-27-29-23(19-40-30(27)37)7-4-2-1-3-5-15-39-31(44)22-8-6-9-25(17-22)43(29)42-28/h2,4,10-14,16,18-19,22,25H,1,3,5-9,15,17H2,(H2,37,40)(H,39,44)(H,38,41,45)/b4-2-/t22-,25-/m1/s1. The number of amides is 2. The van der Waals surface area contributed by atoms with Crippen LogP contribution >= 0.6 is 0 Å². The van der Waals surface area contributed by atoms with Gasteiger partial charge < -0.3 is 16.4 Å². The molecular formula is C33H34F3N7O2. The van der Waals surface area contributed by atoms with Crippen LogP contribution in [0.1, 0.15) is 72.5 Å². The molecule has 2 aliphatic rings. The van der Waals surface area contributed by atoms with Crippen molar-refractivity contribution in [2.45, 2.75) is 63.6 Å². The third kappa shape index (κ3) is 6.54. The molecule has 0 spiro atoms. The highest BCUT2D eigenvalue weighted by atomic mass is 19.4. The zero-order valence-electron chi connectivity index (χ0n) is 24.6. The van der Waals surface area contributed by atoms with Crippen LogP contribution < -0.4 is 16.4 Å². The molecule has 3 aromatic heterocycles. The molecule has 1 aliphatic carbocycles. The predicted molar refractivity (Wildman–Crippen MR) is 165 cm³/mol. The Kier molecular flexibility index (Phi) is 8.55. The number of nitrogens with two attached hydrogens (primary N) is 1. The largest absolute Gasteiger partial charge is 0.416 e. The lowest BCUT2D eigenvalue weighted by molar-refractivity contribution is -0.137. The maximum absolute atomic E-state index is 13.1. The number of nitrogens with zero attached hydrogens (tertiary/aromatic N) is 4. The lowest BCUT2D eigenvalue weighted by Gasteiger charge is -2.29. The third-order valence-electron chi connectivity index (χ3n) is 8.54. The maximum Gasteiger partial charge on any atom is 0.416 e. The van der Waals surface area contributed by atoms with E-state index in [0.29, 0.717) is 41.8 Å². The first-order valence-corrected chi connectivity index (χ1v) is 15.2. The van der Waals surface area contributed by atoms with E-state index in [4.69, 9.17) is 10.8 Å². The fraction of sp³-hybridized carbons (Fsp3) is 0.364. The van der Waals surface area contributed by atoms with Gasteiger partial charge in [-0.3, -0.25) is 14.3 Å². The molecule has 4 heterocycles. The Hall–Kier alpha value is -4.74. The lowest BCUT2D eigenvalue weighted by atomic mass is 9.85. The molecule has 12 heteroatoms. The van der Waals surface area contributed by atoms with E-state index in [-0.39, 0.29) is 29.2 Å². The van der Waals surface area contributed by atoms with Gasteiger partial charge in [0, 0.05) is 41.5 Å². The number of halogens is 3. The van der Waals surface area contributed by atoms with Crippen LogP contribution in [0.25, 0.3) is 22.2 Å². The van der Waals surface area contributed by atoms with Gasteiger partial charge in [-0.1, -0.05) is 30.7 Å². The zero-order chi connectivity index (χ0) is 31.6. The number of rotatable bonds is 3. The van der Waals surface area contributed by atoms with Crippen molar-refractivity contribution in [2.75, 3.05) is 17.6 Å². The minimum Gasteiger partial charge on any atom is -0.383 e. The summed E-state index contributed by atoms with van der Waals surface area (Å²) in [6.07, 6.45) is 9.33. The summed E-state index contributed by atoms with van der Waals surface area (Å²) >= 11 is 0. The van der Waals surface area contributed by atoms with Crippen LogP contribution in [0.4, 0.5) is 24.8 Å². The summed E-state index contributed by atoms with van der Waals surface area (Å²) in [5.74, 6) is -0.466. The molecule has 4 aromatic rings. The van der Waals surface area contributed by atoms with Crippen molar-refractivity contribution in [1.29, 1.82) is 0 Å². The minimum absolute atomic E-state index is 0.00887. The second-order valence-electron chi connectivity index (χ2n) is 11.6. The number of aromatic nitrogens is 4. The molecule has 9 nitrogen and oxygen atoms in total. The molecular weight excluding hydrogens is 583 g/mol. The van der Waals surface area contributed by atoms with Crippen LogP contribution in [-0.2, 0) is 17.4 Å². The molecule has 1 aromatic carbocycles. The third-order valence-corrected chi connectivity index (χ3v) is 8.54. The second-order valence-corrected chi connectivity index (χ2v) is 11.6. The molecule has 1 fully saturated rings. The fourth-order valence-electron chi connectivity index (χ4n) is 6.21. The average Bonchev–Trinajstić information content (AvgIpc) is 3.44. The fourth-order valence-corrected chi connectivity index (χ4v) is 6.21. The summed E-state index contributed by atoms with van der Waals surface area (Å²) in [5, 5.41) is 11.4. The quantitative estimate of drug-likeness (QED) is 0.226. The summed E-state index contributed by atoms with van der Waals surface area (Å²) < 4.78 is 41.3. The molecule has 0 saturated heterocycles. The van der Waals surface area contributed by atoms with E-state index in [0.717, 1.165) is 67.9 Å². The minimum atomic E-state index is -4.55. The molecule has 234 valence electrons. The number of hydrogen-bond acceptors (Lipinski definition) is 6. The highest BCUT2D eigenvalue weighted by Gasteiger charge is 2.32. The van der Waals surface area contributed by atoms with E-state index in [1.807, 2.05) is 4.68 Å². The zero-order valence-corrected chi connectivity index (χ0v) is 24.6. The average molecular weight is 618 g/mol.